The van der Waals surface area contributed by atoms with Gasteiger partial charge in [-0.15, -0.1) is 0 Å². The van der Waals surface area contributed by atoms with Crippen LogP contribution in [0.3, 0.4) is 0 Å². The van der Waals surface area contributed by atoms with Crippen LogP contribution in [0, 0.1) is 0 Å². The number of carbonyl (C=O) groups excluding carboxylic acids is 1. The van der Waals surface area contributed by atoms with Gasteiger partial charge in [0, 0.05) is 5.25 Å². The first-order valence-corrected chi connectivity index (χ1v) is 6.09. The molecule has 0 aliphatic rings. The molecule has 0 aromatic carbocycles. The molecule has 2 nitrogen and oxygen atoms in total. The Morgan fingerprint density at radius 3 is 2.07 bits per heavy atom. The first-order chi connectivity index (χ1) is 6.68. The Morgan fingerprint density at radius 2 is 1.60 bits per heavy atom. The van der Waals surface area contributed by atoms with E-state index < -0.39 is 11.2 Å². The van der Waals surface area contributed by atoms with Crippen LogP contribution in [0.25, 0.3) is 0 Å². The van der Waals surface area contributed by atoms with Crippen molar-refractivity contribution in [3.8, 4) is 0 Å². The smallest absolute Gasteiger partial charge is 0.549 e. The molecule has 0 fully saturated rings. The Kier molecular flexibility index (Phi) is 15.6. The number of carboxylic acid groups (broad SMARTS) is 1. The number of thiol groups is 1. The minimum atomic E-state index is -1.04. The van der Waals surface area contributed by atoms with Gasteiger partial charge < -0.3 is 9.90 Å². The maximum atomic E-state index is 10.3. The van der Waals surface area contributed by atoms with Gasteiger partial charge in [0.25, 0.3) is 0 Å². The van der Waals surface area contributed by atoms with E-state index in [0.29, 0.717) is 6.42 Å². The summed E-state index contributed by atoms with van der Waals surface area (Å²) in [5.41, 5.74) is 0. The van der Waals surface area contributed by atoms with Gasteiger partial charge in [-0.3, -0.25) is 0 Å². The van der Waals surface area contributed by atoms with Gasteiger partial charge in [-0.1, -0.05) is 51.9 Å². The van der Waals surface area contributed by atoms with Gasteiger partial charge >= 0.3 is 29.6 Å². The molecule has 0 radical (unpaired) electrons. The zero-order valence-corrected chi connectivity index (χ0v) is 12.9. The van der Waals surface area contributed by atoms with E-state index in [9.17, 15) is 9.90 Å². The van der Waals surface area contributed by atoms with Crippen molar-refractivity contribution in [3.05, 3.63) is 0 Å². The summed E-state index contributed by atoms with van der Waals surface area (Å²) in [6, 6.07) is 0. The van der Waals surface area contributed by atoms with Crippen LogP contribution in [0.1, 0.15) is 58.3 Å². The van der Waals surface area contributed by atoms with Gasteiger partial charge in [0.2, 0.25) is 0 Å². The molecule has 0 heterocycles. The Balaban J connectivity index is 0. The van der Waals surface area contributed by atoms with Crippen molar-refractivity contribution < 1.29 is 39.5 Å². The number of rotatable bonds is 9. The van der Waals surface area contributed by atoms with Gasteiger partial charge in [-0.25, -0.2) is 0 Å². The van der Waals surface area contributed by atoms with E-state index in [0.717, 1.165) is 12.8 Å². The molecule has 15 heavy (non-hydrogen) atoms. The summed E-state index contributed by atoms with van der Waals surface area (Å²) in [4.78, 5) is 10.3. The average molecular weight is 240 g/mol. The van der Waals surface area contributed by atoms with Crippen LogP contribution in [0.4, 0.5) is 0 Å². The summed E-state index contributed by atoms with van der Waals surface area (Å²) >= 11 is 3.92. The normalized spacial score (nSPS) is 11.9. The van der Waals surface area contributed by atoms with E-state index in [2.05, 4.69) is 19.6 Å². The first kappa shape index (κ1) is 18.2. The molecule has 0 saturated carbocycles. The average Bonchev–Trinajstić information content (AvgIpc) is 2.16. The molecule has 0 N–H and O–H groups in total. The number of aliphatic carboxylic acids is 1. The predicted molar refractivity (Wildman–Crippen MR) is 60.4 cm³/mol. The molecule has 0 amide bonds. The molecule has 0 aromatic heterocycles. The fraction of sp³-hybridized carbons (Fsp3) is 0.909. The maximum Gasteiger partial charge on any atom is 1.00 e. The van der Waals surface area contributed by atoms with E-state index in [-0.39, 0.29) is 29.6 Å². The van der Waals surface area contributed by atoms with Crippen LogP contribution in [0.15, 0.2) is 0 Å². The van der Waals surface area contributed by atoms with E-state index in [4.69, 9.17) is 0 Å². The predicted octanol–water partition coefficient (Wildman–Crippen LogP) is -0.821. The molecule has 0 aliphatic heterocycles. The number of carboxylic acids is 1. The molecule has 0 aromatic rings. The van der Waals surface area contributed by atoms with Crippen molar-refractivity contribution in [2.24, 2.45) is 0 Å². The summed E-state index contributed by atoms with van der Waals surface area (Å²) in [6.45, 7) is 2.20. The van der Waals surface area contributed by atoms with Crippen LogP contribution >= 0.6 is 12.6 Å². The third-order valence-electron chi connectivity index (χ3n) is 2.35. The largest absolute Gasteiger partial charge is 1.00 e. The topological polar surface area (TPSA) is 40.1 Å². The summed E-state index contributed by atoms with van der Waals surface area (Å²) in [5.74, 6) is -1.04. The van der Waals surface area contributed by atoms with Crippen molar-refractivity contribution in [2.45, 2.75) is 63.5 Å². The fourth-order valence-corrected chi connectivity index (χ4v) is 1.60. The molecular formula is C11H21NaO2S. The quantitative estimate of drug-likeness (QED) is 0.325. The number of hydrogen-bond acceptors (Lipinski definition) is 3. The third kappa shape index (κ3) is 12.8. The van der Waals surface area contributed by atoms with Gasteiger partial charge in [0.05, 0.1) is 5.97 Å². The molecule has 0 spiro atoms. The summed E-state index contributed by atoms with van der Waals surface area (Å²) < 4.78 is 0. The molecular weight excluding hydrogens is 219 g/mol. The van der Waals surface area contributed by atoms with Gasteiger partial charge in [0.15, 0.2) is 0 Å². The Hall–Kier alpha value is 0.820. The van der Waals surface area contributed by atoms with Gasteiger partial charge in [-0.2, -0.15) is 12.6 Å². The molecule has 1 atom stereocenters. The van der Waals surface area contributed by atoms with E-state index in [1.807, 2.05) is 0 Å². The Bertz CT molecular complexity index is 154. The van der Waals surface area contributed by atoms with Crippen LogP contribution in [0.2, 0.25) is 0 Å². The summed E-state index contributed by atoms with van der Waals surface area (Å²) in [7, 11) is 0. The second-order valence-corrected chi connectivity index (χ2v) is 4.37. The number of unbranched alkanes of at least 4 members (excludes halogenated alkanes) is 6. The van der Waals surface area contributed by atoms with E-state index in [1.165, 1.54) is 32.1 Å². The van der Waals surface area contributed by atoms with Crippen molar-refractivity contribution in [2.75, 3.05) is 0 Å². The minimum absolute atomic E-state index is 0. The standard InChI is InChI=1S/C11H22O2S.Na/c1-2-3-4-5-6-7-8-9-10(14)11(12)13;/h10,14H,2-9H2,1H3,(H,12,13);/q;+1/p-1. The Labute approximate surface area is 121 Å². The molecule has 0 bridgehead atoms. The SMILES string of the molecule is CCCCCCCCCC(S)C(=O)[O-].[Na+]. The molecule has 0 aliphatic carbocycles. The second kappa shape index (κ2) is 12.9. The molecule has 1 unspecified atom stereocenters. The number of carbonyl (C=O) groups is 1. The minimum Gasteiger partial charge on any atom is -0.549 e. The molecule has 0 rings (SSSR count). The van der Waals surface area contributed by atoms with Crippen molar-refractivity contribution in [1.82, 2.24) is 0 Å². The van der Waals surface area contributed by atoms with Crippen molar-refractivity contribution in [1.29, 1.82) is 0 Å². The van der Waals surface area contributed by atoms with Crippen LogP contribution in [-0.2, 0) is 4.79 Å². The summed E-state index contributed by atoms with van der Waals surface area (Å²) in [5, 5.41) is 9.74. The molecule has 0 saturated heterocycles. The molecule has 4 heteroatoms. The van der Waals surface area contributed by atoms with E-state index >= 15 is 0 Å². The van der Waals surface area contributed by atoms with Crippen LogP contribution in [0.5, 0.6) is 0 Å². The van der Waals surface area contributed by atoms with Crippen LogP contribution < -0.4 is 34.7 Å². The monoisotopic (exact) mass is 240 g/mol. The third-order valence-corrected chi connectivity index (χ3v) is 2.82. The molecule has 84 valence electrons. The zero-order chi connectivity index (χ0) is 10.8. The maximum absolute atomic E-state index is 10.3. The van der Waals surface area contributed by atoms with Crippen LogP contribution in [-0.4, -0.2) is 11.2 Å². The summed E-state index contributed by atoms with van der Waals surface area (Å²) in [6.07, 6.45) is 9.09. The van der Waals surface area contributed by atoms with Crippen molar-refractivity contribution in [3.63, 3.8) is 0 Å². The fourth-order valence-electron chi connectivity index (χ4n) is 1.41. The van der Waals surface area contributed by atoms with Gasteiger partial charge in [-0.05, 0) is 6.42 Å². The van der Waals surface area contributed by atoms with E-state index in [1.54, 1.807) is 0 Å². The zero-order valence-electron chi connectivity index (χ0n) is 10.00. The van der Waals surface area contributed by atoms with Gasteiger partial charge in [0.1, 0.15) is 0 Å². The second-order valence-electron chi connectivity index (χ2n) is 3.74. The first-order valence-electron chi connectivity index (χ1n) is 5.57. The Morgan fingerprint density at radius 1 is 1.13 bits per heavy atom. The van der Waals surface area contributed by atoms with Crippen molar-refractivity contribution >= 4 is 18.6 Å². The number of hydrogen-bond donors (Lipinski definition) is 1.